The smallest absolute Gasteiger partial charge is 0.355 e. The molecule has 2 aromatic heterocycles. The van der Waals surface area contributed by atoms with Crippen LogP contribution >= 0.6 is 11.6 Å². The van der Waals surface area contributed by atoms with Crippen molar-refractivity contribution in [2.24, 2.45) is 0 Å². The summed E-state index contributed by atoms with van der Waals surface area (Å²) in [5, 5.41) is 11.9. The Balaban J connectivity index is 1.90. The summed E-state index contributed by atoms with van der Waals surface area (Å²) in [5.41, 5.74) is 2.54. The highest BCUT2D eigenvalue weighted by atomic mass is 35.5. The first kappa shape index (κ1) is 24.2. The number of carbonyl (C=O) groups is 3. The Morgan fingerprint density at radius 2 is 2.00 bits per heavy atom. The number of carbonyl (C=O) groups excluding carboxylic acids is 3. The van der Waals surface area contributed by atoms with Crippen molar-refractivity contribution in [3.8, 4) is 0 Å². The van der Waals surface area contributed by atoms with Crippen LogP contribution in [0.2, 0.25) is 5.02 Å². The topological polar surface area (TPSA) is 113 Å². The Bertz CT molecular complexity index is 1350. The van der Waals surface area contributed by atoms with Gasteiger partial charge in [0.2, 0.25) is 0 Å². The molecule has 0 radical (unpaired) electrons. The molecule has 9 heteroatoms. The maximum absolute atomic E-state index is 13.3. The Morgan fingerprint density at radius 3 is 2.66 bits per heavy atom. The Morgan fingerprint density at radius 1 is 1.23 bits per heavy atom. The Labute approximate surface area is 207 Å². The second kappa shape index (κ2) is 9.76. The summed E-state index contributed by atoms with van der Waals surface area (Å²) >= 11 is 6.23. The predicted octanol–water partition coefficient (Wildman–Crippen LogP) is 4.48. The number of benzene rings is 1. The summed E-state index contributed by atoms with van der Waals surface area (Å²) in [7, 11) is 0. The Hall–Kier alpha value is -3.91. The van der Waals surface area contributed by atoms with Crippen LogP contribution in [0.15, 0.2) is 54.4 Å². The van der Waals surface area contributed by atoms with E-state index in [9.17, 15) is 19.5 Å². The zero-order valence-electron chi connectivity index (χ0n) is 19.5. The largest absolute Gasteiger partial charge is 0.507 e. The second-order valence-corrected chi connectivity index (χ2v) is 8.63. The number of nitrogens with zero attached hydrogens (tertiary/aromatic N) is 2. The van der Waals surface area contributed by atoms with Gasteiger partial charge in [0.25, 0.3) is 11.7 Å². The molecule has 1 atom stereocenters. The number of rotatable bonds is 6. The zero-order chi connectivity index (χ0) is 25.3. The summed E-state index contributed by atoms with van der Waals surface area (Å²) in [6.45, 7) is 5.30. The van der Waals surface area contributed by atoms with E-state index < -0.39 is 23.7 Å². The molecule has 1 aliphatic rings. The maximum Gasteiger partial charge on any atom is 0.355 e. The molecule has 0 unspecified atom stereocenters. The van der Waals surface area contributed by atoms with Crippen LogP contribution < -0.4 is 0 Å². The number of hydrogen-bond donors (Lipinski definition) is 2. The molecule has 4 rings (SSSR count). The van der Waals surface area contributed by atoms with Gasteiger partial charge in [-0.3, -0.25) is 14.6 Å². The SMILES string of the molecule is CCOC(=O)c1[nH]c(C)c(C(O)=C2C(=O)C(=O)N(Cc3cccnc3)[C@H]2c2cccc(Cl)c2)c1C. The fourth-order valence-electron chi connectivity index (χ4n) is 4.40. The van der Waals surface area contributed by atoms with Crippen LogP contribution in [0.25, 0.3) is 5.76 Å². The fraction of sp³-hybridized carbons (Fsp3) is 0.231. The van der Waals surface area contributed by atoms with Gasteiger partial charge in [-0.2, -0.15) is 0 Å². The van der Waals surface area contributed by atoms with E-state index in [1.807, 2.05) is 0 Å². The monoisotopic (exact) mass is 493 g/mol. The number of halogens is 1. The summed E-state index contributed by atoms with van der Waals surface area (Å²) in [6.07, 6.45) is 3.23. The summed E-state index contributed by atoms with van der Waals surface area (Å²) in [6, 6.07) is 9.44. The van der Waals surface area contributed by atoms with E-state index in [0.29, 0.717) is 21.8 Å². The van der Waals surface area contributed by atoms with Crippen molar-refractivity contribution >= 4 is 35.0 Å². The van der Waals surface area contributed by atoms with Gasteiger partial charge >= 0.3 is 5.97 Å². The minimum Gasteiger partial charge on any atom is -0.507 e. The highest BCUT2D eigenvalue weighted by molar-refractivity contribution is 6.46. The van der Waals surface area contributed by atoms with Gasteiger partial charge in [0.15, 0.2) is 0 Å². The van der Waals surface area contributed by atoms with Crippen molar-refractivity contribution in [2.75, 3.05) is 6.61 Å². The molecule has 0 saturated carbocycles. The van der Waals surface area contributed by atoms with Gasteiger partial charge in [-0.25, -0.2) is 4.79 Å². The van der Waals surface area contributed by atoms with Crippen molar-refractivity contribution in [1.29, 1.82) is 0 Å². The van der Waals surface area contributed by atoms with Gasteiger partial charge in [-0.15, -0.1) is 0 Å². The van der Waals surface area contributed by atoms with E-state index >= 15 is 0 Å². The number of ketones is 1. The van der Waals surface area contributed by atoms with Crippen molar-refractivity contribution in [2.45, 2.75) is 33.4 Å². The molecule has 180 valence electrons. The number of hydrogen-bond acceptors (Lipinski definition) is 6. The van der Waals surface area contributed by atoms with Gasteiger partial charge in [0.1, 0.15) is 11.5 Å². The molecular formula is C26H24ClN3O5. The second-order valence-electron chi connectivity index (χ2n) is 8.19. The molecule has 2 N–H and O–H groups in total. The number of likely N-dealkylation sites (tertiary alicyclic amines) is 1. The first-order valence-electron chi connectivity index (χ1n) is 11.0. The average molecular weight is 494 g/mol. The molecule has 1 fully saturated rings. The first-order valence-corrected chi connectivity index (χ1v) is 11.4. The standard InChI is InChI=1S/C26H24ClN3O5/c1-4-35-26(34)21-14(2)19(15(3)29-21)23(31)20-22(17-8-5-9-18(27)11-17)30(25(33)24(20)32)13-16-7-6-10-28-12-16/h5-12,22,29,31H,4,13H2,1-3H3/t22-/m0/s1. The van der Waals surface area contributed by atoms with Crippen LogP contribution in [0.1, 0.15) is 51.4 Å². The first-order chi connectivity index (χ1) is 16.7. The van der Waals surface area contributed by atoms with Crippen molar-refractivity contribution < 1.29 is 24.2 Å². The number of aromatic nitrogens is 2. The third kappa shape index (κ3) is 4.44. The van der Waals surface area contributed by atoms with Crippen LogP contribution in [0.3, 0.4) is 0 Å². The van der Waals surface area contributed by atoms with Crippen LogP contribution in [0.5, 0.6) is 0 Å². The number of aryl methyl sites for hydroxylation is 1. The molecule has 3 aromatic rings. The van der Waals surface area contributed by atoms with Crippen LogP contribution in [0.4, 0.5) is 0 Å². The lowest BCUT2D eigenvalue weighted by Gasteiger charge is -2.25. The maximum atomic E-state index is 13.3. The summed E-state index contributed by atoms with van der Waals surface area (Å²) in [4.78, 5) is 47.3. The molecule has 1 aromatic carbocycles. The molecule has 1 saturated heterocycles. The molecular weight excluding hydrogens is 470 g/mol. The quantitative estimate of drug-likeness (QED) is 0.226. The van der Waals surface area contributed by atoms with Gasteiger partial charge in [0.05, 0.1) is 18.2 Å². The molecule has 8 nitrogen and oxygen atoms in total. The van der Waals surface area contributed by atoms with Crippen molar-refractivity contribution in [3.05, 3.63) is 93.0 Å². The van der Waals surface area contributed by atoms with Crippen molar-refractivity contribution in [1.82, 2.24) is 14.9 Å². The number of H-pyrrole nitrogens is 1. The number of ether oxygens (including phenoxy) is 1. The lowest BCUT2D eigenvalue weighted by Crippen LogP contribution is -2.29. The number of esters is 1. The highest BCUT2D eigenvalue weighted by Crippen LogP contribution is 2.42. The van der Waals surface area contributed by atoms with E-state index in [-0.39, 0.29) is 35.7 Å². The molecule has 1 aliphatic heterocycles. The van der Waals surface area contributed by atoms with Gasteiger partial charge in [-0.1, -0.05) is 29.8 Å². The molecule has 0 spiro atoms. The molecule has 1 amide bonds. The van der Waals surface area contributed by atoms with Crippen LogP contribution in [-0.4, -0.2) is 44.2 Å². The third-order valence-corrected chi connectivity index (χ3v) is 6.17. The average Bonchev–Trinajstić information content (AvgIpc) is 3.27. The number of amides is 1. The predicted molar refractivity (Wildman–Crippen MR) is 130 cm³/mol. The number of aromatic amines is 1. The summed E-state index contributed by atoms with van der Waals surface area (Å²) < 4.78 is 5.09. The van der Waals surface area contributed by atoms with Crippen LogP contribution in [-0.2, 0) is 20.9 Å². The van der Waals surface area contributed by atoms with Gasteiger partial charge in [-0.05, 0) is 55.7 Å². The fourth-order valence-corrected chi connectivity index (χ4v) is 4.60. The number of pyridine rings is 1. The number of aliphatic hydroxyl groups excluding tert-OH is 1. The molecule has 0 aliphatic carbocycles. The normalized spacial score (nSPS) is 17.1. The minimum absolute atomic E-state index is 0.0817. The lowest BCUT2D eigenvalue weighted by molar-refractivity contribution is -0.140. The van der Waals surface area contributed by atoms with Crippen LogP contribution in [0, 0.1) is 13.8 Å². The minimum atomic E-state index is -0.895. The Kier molecular flexibility index (Phi) is 6.75. The number of nitrogens with one attached hydrogen (secondary N) is 1. The highest BCUT2D eigenvalue weighted by Gasteiger charge is 2.46. The number of aliphatic hydroxyl groups is 1. The van der Waals surface area contributed by atoms with Gasteiger partial charge in [0, 0.05) is 35.2 Å². The van der Waals surface area contributed by atoms with E-state index in [2.05, 4.69) is 9.97 Å². The van der Waals surface area contributed by atoms with Crippen molar-refractivity contribution in [3.63, 3.8) is 0 Å². The van der Waals surface area contributed by atoms with Gasteiger partial charge < -0.3 is 19.7 Å². The lowest BCUT2D eigenvalue weighted by atomic mass is 9.94. The van der Waals surface area contributed by atoms with E-state index in [1.165, 1.54) is 4.90 Å². The summed E-state index contributed by atoms with van der Waals surface area (Å²) in [5.74, 6) is -2.52. The molecule has 3 heterocycles. The molecule has 0 bridgehead atoms. The van der Waals surface area contributed by atoms with E-state index in [4.69, 9.17) is 16.3 Å². The van der Waals surface area contributed by atoms with E-state index in [0.717, 1.165) is 5.56 Å². The molecule has 35 heavy (non-hydrogen) atoms. The van der Waals surface area contributed by atoms with E-state index in [1.54, 1.807) is 69.6 Å². The third-order valence-electron chi connectivity index (χ3n) is 5.93. The zero-order valence-corrected chi connectivity index (χ0v) is 20.2. The number of Topliss-reactive ketones (excluding diaryl/α,β-unsaturated/α-hetero) is 1.